The van der Waals surface area contributed by atoms with Gasteiger partial charge in [-0.25, -0.2) is 0 Å². The lowest BCUT2D eigenvalue weighted by Crippen LogP contribution is -2.28. The molecule has 0 aromatic heterocycles. The van der Waals surface area contributed by atoms with E-state index >= 15 is 0 Å². The van der Waals surface area contributed by atoms with Gasteiger partial charge in [-0.1, -0.05) is 33.6 Å². The largest absolute Gasteiger partial charge is 0.271 e. The van der Waals surface area contributed by atoms with Crippen LogP contribution in [0.4, 0.5) is 0 Å². The van der Waals surface area contributed by atoms with Gasteiger partial charge in [0.1, 0.15) is 0 Å². The highest BCUT2D eigenvalue weighted by Gasteiger charge is 2.12. The summed E-state index contributed by atoms with van der Waals surface area (Å²) in [6.07, 6.45) is 1.97. The molecule has 1 rings (SSSR count). The van der Waals surface area contributed by atoms with Crippen LogP contribution in [0.15, 0.2) is 28.8 Å². The van der Waals surface area contributed by atoms with E-state index in [0.29, 0.717) is 0 Å². The van der Waals surface area contributed by atoms with Gasteiger partial charge in [-0.2, -0.15) is 0 Å². The third-order valence-electron chi connectivity index (χ3n) is 2.92. The zero-order valence-electron chi connectivity index (χ0n) is 10.8. The second-order valence-electron chi connectivity index (χ2n) is 4.68. The zero-order chi connectivity index (χ0) is 13.0. The van der Waals surface area contributed by atoms with Gasteiger partial charge >= 0.3 is 0 Å². The zero-order valence-corrected chi connectivity index (χ0v) is 12.4. The molecule has 0 bridgehead atoms. The molecule has 1 unspecified atom stereocenters. The molecule has 0 saturated carbocycles. The topological polar surface area (TPSA) is 38.0 Å². The lowest BCUT2D eigenvalue weighted by Gasteiger charge is -2.18. The SMILES string of the molecule is C=C(C)CCC(NN)c1cc(C)c(Br)c(C)c1. The molecule has 0 amide bonds. The first-order valence-corrected chi connectivity index (χ1v) is 6.62. The van der Waals surface area contributed by atoms with Crippen LogP contribution >= 0.6 is 15.9 Å². The maximum absolute atomic E-state index is 5.64. The fraction of sp³-hybridized carbons (Fsp3) is 0.429. The number of nitrogens with two attached hydrogens (primary N) is 1. The molecule has 0 radical (unpaired) electrons. The van der Waals surface area contributed by atoms with E-state index in [0.717, 1.165) is 12.8 Å². The van der Waals surface area contributed by atoms with Gasteiger partial charge in [-0.3, -0.25) is 11.3 Å². The van der Waals surface area contributed by atoms with Crippen molar-refractivity contribution >= 4 is 15.9 Å². The highest BCUT2D eigenvalue weighted by molar-refractivity contribution is 9.10. The molecule has 94 valence electrons. The second kappa shape index (κ2) is 6.34. The van der Waals surface area contributed by atoms with Gasteiger partial charge in [0.25, 0.3) is 0 Å². The molecular formula is C14H21BrN2. The predicted octanol–water partition coefficient (Wildman–Crippen LogP) is 3.93. The Hall–Kier alpha value is -0.640. The summed E-state index contributed by atoms with van der Waals surface area (Å²) in [6, 6.07) is 4.55. The summed E-state index contributed by atoms with van der Waals surface area (Å²) in [5.74, 6) is 5.64. The molecule has 0 aliphatic carbocycles. The smallest absolute Gasteiger partial charge is 0.0463 e. The summed E-state index contributed by atoms with van der Waals surface area (Å²) >= 11 is 3.58. The lowest BCUT2D eigenvalue weighted by atomic mass is 9.97. The Morgan fingerprint density at radius 3 is 2.35 bits per heavy atom. The van der Waals surface area contributed by atoms with Gasteiger partial charge in [0, 0.05) is 10.5 Å². The lowest BCUT2D eigenvalue weighted by molar-refractivity contribution is 0.515. The van der Waals surface area contributed by atoms with Crippen molar-refractivity contribution in [2.45, 2.75) is 39.7 Å². The van der Waals surface area contributed by atoms with E-state index < -0.39 is 0 Å². The molecule has 1 atom stereocenters. The monoisotopic (exact) mass is 296 g/mol. The van der Waals surface area contributed by atoms with Gasteiger partial charge < -0.3 is 0 Å². The molecule has 1 aromatic rings. The van der Waals surface area contributed by atoms with Crippen LogP contribution in [0.25, 0.3) is 0 Å². The van der Waals surface area contributed by atoms with E-state index in [1.165, 1.54) is 26.7 Å². The minimum atomic E-state index is 0.192. The van der Waals surface area contributed by atoms with Gasteiger partial charge in [-0.05, 0) is 50.3 Å². The van der Waals surface area contributed by atoms with Gasteiger partial charge in [0.2, 0.25) is 0 Å². The Kier molecular flexibility index (Phi) is 5.37. The van der Waals surface area contributed by atoms with Crippen LogP contribution in [-0.2, 0) is 0 Å². The van der Waals surface area contributed by atoms with Crippen molar-refractivity contribution in [1.82, 2.24) is 5.43 Å². The third kappa shape index (κ3) is 3.95. The third-order valence-corrected chi connectivity index (χ3v) is 4.17. The molecule has 0 aliphatic rings. The first-order valence-electron chi connectivity index (χ1n) is 5.83. The van der Waals surface area contributed by atoms with Gasteiger partial charge in [0.05, 0.1) is 0 Å². The number of hydrogen-bond donors (Lipinski definition) is 2. The number of hydrazine groups is 1. The number of aryl methyl sites for hydroxylation is 2. The molecule has 2 nitrogen and oxygen atoms in total. The average molecular weight is 297 g/mol. The standard InChI is InChI=1S/C14H21BrN2/c1-9(2)5-6-13(17-16)12-7-10(3)14(15)11(4)8-12/h7-8,13,17H,1,5-6,16H2,2-4H3. The molecular weight excluding hydrogens is 276 g/mol. The van der Waals surface area contributed by atoms with Crippen LogP contribution < -0.4 is 11.3 Å². The van der Waals surface area contributed by atoms with Crippen LogP contribution in [0.2, 0.25) is 0 Å². The van der Waals surface area contributed by atoms with Crippen LogP contribution in [0.5, 0.6) is 0 Å². The van der Waals surface area contributed by atoms with Crippen LogP contribution in [-0.4, -0.2) is 0 Å². The number of hydrogen-bond acceptors (Lipinski definition) is 2. The number of allylic oxidation sites excluding steroid dienone is 1. The Balaban J connectivity index is 2.92. The number of rotatable bonds is 5. The number of benzene rings is 1. The average Bonchev–Trinajstić information content (AvgIpc) is 2.26. The van der Waals surface area contributed by atoms with Gasteiger partial charge in [0.15, 0.2) is 0 Å². The van der Waals surface area contributed by atoms with E-state index in [1.807, 2.05) is 6.92 Å². The van der Waals surface area contributed by atoms with E-state index in [9.17, 15) is 0 Å². The minimum absolute atomic E-state index is 0.192. The molecule has 0 aliphatic heterocycles. The molecule has 0 spiro atoms. The van der Waals surface area contributed by atoms with Crippen molar-refractivity contribution in [3.05, 3.63) is 45.4 Å². The van der Waals surface area contributed by atoms with E-state index in [2.05, 4.69) is 53.9 Å². The molecule has 3 heteroatoms. The van der Waals surface area contributed by atoms with E-state index in [1.54, 1.807) is 0 Å². The van der Waals surface area contributed by atoms with Gasteiger partial charge in [-0.15, -0.1) is 6.58 Å². The molecule has 17 heavy (non-hydrogen) atoms. The summed E-state index contributed by atoms with van der Waals surface area (Å²) in [5.41, 5.74) is 7.82. The summed E-state index contributed by atoms with van der Waals surface area (Å²) in [5, 5.41) is 0. The first kappa shape index (κ1) is 14.4. The minimum Gasteiger partial charge on any atom is -0.271 e. The summed E-state index contributed by atoms with van der Waals surface area (Å²) < 4.78 is 1.18. The predicted molar refractivity (Wildman–Crippen MR) is 77.7 cm³/mol. The first-order chi connectivity index (χ1) is 7.95. The summed E-state index contributed by atoms with van der Waals surface area (Å²) in [4.78, 5) is 0. The van der Waals surface area contributed by atoms with Crippen molar-refractivity contribution in [3.8, 4) is 0 Å². The molecule has 0 saturated heterocycles. The second-order valence-corrected chi connectivity index (χ2v) is 5.48. The molecule has 3 N–H and O–H groups in total. The fourth-order valence-electron chi connectivity index (χ4n) is 1.92. The van der Waals surface area contributed by atoms with Crippen molar-refractivity contribution in [2.75, 3.05) is 0 Å². The molecule has 1 aromatic carbocycles. The Morgan fingerprint density at radius 1 is 1.41 bits per heavy atom. The number of nitrogens with one attached hydrogen (secondary N) is 1. The van der Waals surface area contributed by atoms with Crippen molar-refractivity contribution < 1.29 is 0 Å². The Morgan fingerprint density at radius 2 is 1.94 bits per heavy atom. The normalized spacial score (nSPS) is 12.5. The Labute approximate surface area is 112 Å². The quantitative estimate of drug-likeness (QED) is 0.491. The van der Waals surface area contributed by atoms with Crippen LogP contribution in [0.1, 0.15) is 42.5 Å². The maximum atomic E-state index is 5.64. The van der Waals surface area contributed by atoms with E-state index in [4.69, 9.17) is 5.84 Å². The maximum Gasteiger partial charge on any atom is 0.0463 e. The molecule has 0 heterocycles. The fourth-order valence-corrected chi connectivity index (χ4v) is 2.15. The number of halogens is 1. The Bertz CT molecular complexity index is 390. The highest BCUT2D eigenvalue weighted by atomic mass is 79.9. The summed E-state index contributed by atoms with van der Waals surface area (Å²) in [7, 11) is 0. The van der Waals surface area contributed by atoms with Crippen LogP contribution in [0.3, 0.4) is 0 Å². The van der Waals surface area contributed by atoms with Crippen molar-refractivity contribution in [1.29, 1.82) is 0 Å². The molecule has 0 fully saturated rings. The highest BCUT2D eigenvalue weighted by Crippen LogP contribution is 2.27. The summed E-state index contributed by atoms with van der Waals surface area (Å²) in [6.45, 7) is 10.2. The van der Waals surface area contributed by atoms with Crippen molar-refractivity contribution in [2.24, 2.45) is 5.84 Å². The van der Waals surface area contributed by atoms with Crippen molar-refractivity contribution in [3.63, 3.8) is 0 Å². The van der Waals surface area contributed by atoms with E-state index in [-0.39, 0.29) is 6.04 Å². The van der Waals surface area contributed by atoms with Crippen LogP contribution in [0, 0.1) is 13.8 Å².